The minimum Gasteiger partial charge on any atom is -0.438 e. The van der Waals surface area contributed by atoms with Crippen molar-refractivity contribution in [2.24, 2.45) is 0 Å². The molecule has 0 N–H and O–H groups in total. The Labute approximate surface area is 256 Å². The molecule has 0 saturated heterocycles. The number of hydrogen-bond acceptors (Lipinski definition) is 12. The Morgan fingerprint density at radius 2 is 1.51 bits per heavy atom. The molecule has 43 heavy (non-hydrogen) atoms. The number of fused-ring (bicyclic) bond motifs is 1. The Bertz CT molecular complexity index is 1170. The zero-order valence-corrected chi connectivity index (χ0v) is 26.8. The number of aromatic nitrogens is 3. The Morgan fingerprint density at radius 3 is 2.09 bits per heavy atom. The molecule has 0 aliphatic rings. The summed E-state index contributed by atoms with van der Waals surface area (Å²) in [7, 11) is 6.39. The van der Waals surface area contributed by atoms with Crippen LogP contribution >= 0.6 is 11.8 Å². The number of hydrogen-bond donors (Lipinski definition) is 0. The summed E-state index contributed by atoms with van der Waals surface area (Å²) in [6, 6.07) is 1.75. The number of methoxy groups -OCH3 is 2. The second-order valence-electron chi connectivity index (χ2n) is 9.56. The molecule has 16 heteroatoms. The van der Waals surface area contributed by atoms with Gasteiger partial charge in [-0.3, -0.25) is 4.79 Å². The molecular formula is C27H45N5O10S. The van der Waals surface area contributed by atoms with Crippen LogP contribution in [0.1, 0.15) is 13.8 Å². The van der Waals surface area contributed by atoms with Crippen LogP contribution in [0.2, 0.25) is 0 Å². The molecular weight excluding hydrogens is 586 g/mol. The fourth-order valence-electron chi connectivity index (χ4n) is 3.58. The van der Waals surface area contributed by atoms with Crippen molar-refractivity contribution in [1.82, 2.24) is 23.9 Å². The van der Waals surface area contributed by atoms with Crippen molar-refractivity contribution >= 4 is 35.0 Å². The van der Waals surface area contributed by atoms with E-state index in [2.05, 4.69) is 4.98 Å². The monoisotopic (exact) mass is 631 g/mol. The second kappa shape index (κ2) is 20.1. The van der Waals surface area contributed by atoms with Crippen LogP contribution in [0.25, 0.3) is 11.0 Å². The van der Waals surface area contributed by atoms with Gasteiger partial charge in [0, 0.05) is 54.1 Å². The van der Waals surface area contributed by atoms with E-state index in [9.17, 15) is 14.4 Å². The predicted octanol–water partition coefficient (Wildman–Crippen LogP) is 2.09. The number of nitrogens with zero attached hydrogens (tertiary/aromatic N) is 5. The molecule has 2 aromatic rings. The maximum Gasteiger partial charge on any atom is 0.411 e. The maximum atomic E-state index is 13.1. The number of thioether (sulfide) groups is 1. The molecule has 0 fully saturated rings. The van der Waals surface area contributed by atoms with Gasteiger partial charge in [0.15, 0.2) is 11.9 Å². The van der Waals surface area contributed by atoms with E-state index in [0.717, 1.165) is 11.8 Å². The standard InChI is InChI=1S/C27H45N5O10S/c1-21(2)40-14-11-32-22-7-8-31(19-41-26(34)29(3)9-12-38-17-15-36-5)23(22)24(33)28-25(32)43-20-42-27(35)30(4)10-13-39-18-16-37-6/h7-8,21H,9-20H2,1-6H3. The van der Waals surface area contributed by atoms with Crippen LogP contribution in [-0.4, -0.2) is 136 Å². The quantitative estimate of drug-likeness (QED) is 0.0861. The zero-order chi connectivity index (χ0) is 31.6. The summed E-state index contributed by atoms with van der Waals surface area (Å²) in [6.45, 7) is 7.64. The van der Waals surface area contributed by atoms with Crippen LogP contribution in [0.15, 0.2) is 22.2 Å². The number of rotatable bonds is 21. The number of carbonyl (C=O) groups excluding carboxylic acids is 2. The summed E-state index contributed by atoms with van der Waals surface area (Å²) in [6.07, 6.45) is 0.587. The smallest absolute Gasteiger partial charge is 0.411 e. The third-order valence-corrected chi connectivity index (χ3v) is 6.76. The van der Waals surface area contributed by atoms with Gasteiger partial charge >= 0.3 is 12.2 Å². The fraction of sp³-hybridized carbons (Fsp3) is 0.704. The largest absolute Gasteiger partial charge is 0.438 e. The van der Waals surface area contributed by atoms with Crippen molar-refractivity contribution in [3.05, 3.63) is 22.6 Å². The lowest BCUT2D eigenvalue weighted by molar-refractivity contribution is 0.0487. The van der Waals surface area contributed by atoms with Gasteiger partial charge in [0.05, 0.1) is 57.9 Å². The van der Waals surface area contributed by atoms with E-state index in [4.69, 9.17) is 33.2 Å². The minimum atomic E-state index is -0.559. The first-order valence-electron chi connectivity index (χ1n) is 13.9. The zero-order valence-electron chi connectivity index (χ0n) is 25.9. The molecule has 0 bridgehead atoms. The molecule has 0 atom stereocenters. The van der Waals surface area contributed by atoms with Gasteiger partial charge in [0.2, 0.25) is 0 Å². The third-order valence-electron chi connectivity index (χ3n) is 5.96. The van der Waals surface area contributed by atoms with Gasteiger partial charge in [-0.05, 0) is 31.7 Å². The molecule has 15 nitrogen and oxygen atoms in total. The first kappa shape index (κ1) is 36.3. The average molecular weight is 632 g/mol. The van der Waals surface area contributed by atoms with Crippen molar-refractivity contribution in [1.29, 1.82) is 0 Å². The maximum absolute atomic E-state index is 13.1. The Hall–Kier alpha value is -2.89. The van der Waals surface area contributed by atoms with Gasteiger partial charge in [0.25, 0.3) is 5.56 Å². The Balaban J connectivity index is 2.06. The van der Waals surface area contributed by atoms with E-state index in [0.29, 0.717) is 76.6 Å². The first-order chi connectivity index (χ1) is 20.7. The van der Waals surface area contributed by atoms with E-state index in [1.165, 1.54) is 14.4 Å². The Kier molecular flexibility index (Phi) is 17.0. The molecule has 0 radical (unpaired) electrons. The van der Waals surface area contributed by atoms with Crippen LogP contribution in [-0.2, 0) is 46.4 Å². The average Bonchev–Trinajstić information content (AvgIpc) is 3.41. The van der Waals surface area contributed by atoms with Crippen molar-refractivity contribution < 1.29 is 42.7 Å². The first-order valence-corrected chi connectivity index (χ1v) is 14.9. The van der Waals surface area contributed by atoms with E-state index in [1.807, 2.05) is 18.4 Å². The highest BCUT2D eigenvalue weighted by Gasteiger charge is 2.18. The number of amides is 2. The summed E-state index contributed by atoms with van der Waals surface area (Å²) in [5, 5.41) is 0.367. The van der Waals surface area contributed by atoms with Gasteiger partial charge in [-0.25, -0.2) is 9.59 Å². The van der Waals surface area contributed by atoms with Crippen LogP contribution in [0.4, 0.5) is 9.59 Å². The van der Waals surface area contributed by atoms with E-state index >= 15 is 0 Å². The van der Waals surface area contributed by atoms with Crippen molar-refractivity contribution in [3.63, 3.8) is 0 Å². The minimum absolute atomic E-state index is 0.0142. The summed E-state index contributed by atoms with van der Waals surface area (Å²) < 4.78 is 40.5. The summed E-state index contributed by atoms with van der Waals surface area (Å²) in [5.41, 5.74) is 0.357. The van der Waals surface area contributed by atoms with Gasteiger partial charge in [0.1, 0.15) is 11.5 Å². The third kappa shape index (κ3) is 12.7. The molecule has 2 amide bonds. The second-order valence-corrected chi connectivity index (χ2v) is 10.4. The van der Waals surface area contributed by atoms with Crippen LogP contribution in [0.3, 0.4) is 0 Å². The molecule has 2 heterocycles. The lowest BCUT2D eigenvalue weighted by atomic mass is 10.4. The summed E-state index contributed by atoms with van der Waals surface area (Å²) in [5.74, 6) is -0.0590. The molecule has 0 saturated carbocycles. The van der Waals surface area contributed by atoms with E-state index < -0.39 is 17.7 Å². The molecule has 244 valence electrons. The molecule has 0 aromatic carbocycles. The van der Waals surface area contributed by atoms with Crippen molar-refractivity contribution in [3.8, 4) is 0 Å². The van der Waals surface area contributed by atoms with Gasteiger partial charge < -0.3 is 52.1 Å². The molecule has 0 aliphatic carbocycles. The number of carbonyl (C=O) groups is 2. The molecule has 0 aliphatic heterocycles. The lowest BCUT2D eigenvalue weighted by Gasteiger charge is -2.18. The Morgan fingerprint density at radius 1 is 0.907 bits per heavy atom. The molecule has 0 spiro atoms. The number of likely N-dealkylation sites (N-methyl/N-ethyl adjacent to an activating group) is 2. The number of ether oxygens (including phenoxy) is 7. The van der Waals surface area contributed by atoms with Crippen LogP contribution < -0.4 is 5.56 Å². The van der Waals surface area contributed by atoms with Crippen molar-refractivity contribution in [2.75, 3.05) is 93.6 Å². The van der Waals surface area contributed by atoms with Gasteiger partial charge in [-0.2, -0.15) is 4.98 Å². The predicted molar refractivity (Wildman–Crippen MR) is 159 cm³/mol. The molecule has 2 rings (SSSR count). The van der Waals surface area contributed by atoms with Crippen molar-refractivity contribution in [2.45, 2.75) is 38.4 Å². The van der Waals surface area contributed by atoms with Crippen LogP contribution in [0.5, 0.6) is 0 Å². The summed E-state index contributed by atoms with van der Waals surface area (Å²) >= 11 is 1.12. The summed E-state index contributed by atoms with van der Waals surface area (Å²) in [4.78, 5) is 45.0. The topological polar surface area (TPSA) is 145 Å². The van der Waals surface area contributed by atoms with Gasteiger partial charge in [-0.1, -0.05) is 0 Å². The SMILES string of the molecule is COCCOCCN(C)C(=O)OCSc1nc(=O)c2c(ccn2COC(=O)N(C)CCOCCOC)n1CCOC(C)C. The lowest BCUT2D eigenvalue weighted by Crippen LogP contribution is -2.31. The normalized spacial score (nSPS) is 11.3. The highest BCUT2D eigenvalue weighted by Crippen LogP contribution is 2.21. The molecule has 0 unspecified atom stereocenters. The highest BCUT2D eigenvalue weighted by atomic mass is 32.2. The van der Waals surface area contributed by atoms with Crippen LogP contribution in [0, 0.1) is 0 Å². The van der Waals surface area contributed by atoms with Gasteiger partial charge in [-0.15, -0.1) is 0 Å². The van der Waals surface area contributed by atoms with E-state index in [1.54, 1.807) is 40.6 Å². The highest BCUT2D eigenvalue weighted by molar-refractivity contribution is 7.99. The molecule has 2 aromatic heterocycles. The fourth-order valence-corrected chi connectivity index (χ4v) is 4.34. The van der Waals surface area contributed by atoms with E-state index in [-0.39, 0.29) is 24.3 Å².